The van der Waals surface area contributed by atoms with Crippen LogP contribution in [0.2, 0.25) is 5.02 Å². The fourth-order valence-electron chi connectivity index (χ4n) is 4.69. The maximum atomic E-state index is 12.9. The second-order valence-corrected chi connectivity index (χ2v) is 9.53. The van der Waals surface area contributed by atoms with Gasteiger partial charge in [-0.05, 0) is 47.9 Å². The minimum absolute atomic E-state index is 0.0240. The summed E-state index contributed by atoms with van der Waals surface area (Å²) in [6, 6.07) is 10.1. The number of ether oxygens (including phenoxy) is 1. The molecular formula is C26H27ClN4O5. The molecule has 1 unspecified atom stereocenters. The highest BCUT2D eigenvalue weighted by molar-refractivity contribution is 6.31. The highest BCUT2D eigenvalue weighted by Gasteiger charge is 2.30. The van der Waals surface area contributed by atoms with Crippen molar-refractivity contribution in [3.63, 3.8) is 0 Å². The van der Waals surface area contributed by atoms with Crippen molar-refractivity contribution >= 4 is 40.1 Å². The Kier molecular flexibility index (Phi) is 6.95. The molecule has 2 fully saturated rings. The minimum Gasteiger partial charge on any atom is -0.494 e. The number of halogens is 1. The molecule has 10 heteroatoms. The lowest BCUT2D eigenvalue weighted by Gasteiger charge is -2.27. The molecule has 2 aliphatic heterocycles. The number of imide groups is 1. The van der Waals surface area contributed by atoms with E-state index in [0.29, 0.717) is 48.7 Å². The predicted molar refractivity (Wildman–Crippen MR) is 134 cm³/mol. The van der Waals surface area contributed by atoms with Crippen LogP contribution in [0.15, 0.2) is 42.6 Å². The van der Waals surface area contributed by atoms with Crippen LogP contribution in [0.3, 0.4) is 0 Å². The highest BCUT2D eigenvalue weighted by atomic mass is 35.5. The van der Waals surface area contributed by atoms with Gasteiger partial charge in [-0.1, -0.05) is 17.7 Å². The van der Waals surface area contributed by atoms with Crippen LogP contribution >= 0.6 is 11.6 Å². The van der Waals surface area contributed by atoms with Gasteiger partial charge < -0.3 is 19.7 Å². The number of amides is 3. The highest BCUT2D eigenvalue weighted by Crippen LogP contribution is 2.33. The zero-order valence-corrected chi connectivity index (χ0v) is 20.4. The molecule has 36 heavy (non-hydrogen) atoms. The maximum absolute atomic E-state index is 12.9. The fraction of sp³-hybridized carbons (Fsp3) is 0.346. The van der Waals surface area contributed by atoms with E-state index in [1.54, 1.807) is 24.4 Å². The fourth-order valence-corrected chi connectivity index (χ4v) is 4.87. The van der Waals surface area contributed by atoms with E-state index in [2.05, 4.69) is 15.5 Å². The first-order valence-electron chi connectivity index (χ1n) is 11.9. The summed E-state index contributed by atoms with van der Waals surface area (Å²) in [6.45, 7) is 3.99. The van der Waals surface area contributed by atoms with Gasteiger partial charge in [0, 0.05) is 60.2 Å². The quantitative estimate of drug-likeness (QED) is 0.439. The number of aromatic hydroxyl groups is 1. The summed E-state index contributed by atoms with van der Waals surface area (Å²) in [7, 11) is 0. The SMILES string of the molecule is O=C1CCC(n2cc3cc(CNC(=O)c4ccc(Cl)c(CN5CCOCC5)c4)ccc3c2O)C(=O)N1. The summed E-state index contributed by atoms with van der Waals surface area (Å²) in [5, 5.41) is 17.9. The molecule has 0 radical (unpaired) electrons. The standard InChI is InChI=1S/C26H27ClN4O5/c27-21-4-2-17(12-19(21)14-30-7-9-36-10-8-30)24(33)28-13-16-1-3-20-18(11-16)15-31(26(20)35)22-5-6-23(32)29-25(22)34/h1-4,11-12,15,22,35H,5-10,13-14H2,(H,28,33)(H,29,32,34). The van der Waals surface area contributed by atoms with Gasteiger partial charge in [0.2, 0.25) is 11.8 Å². The van der Waals surface area contributed by atoms with Crippen LogP contribution in [-0.2, 0) is 27.4 Å². The lowest BCUT2D eigenvalue weighted by Crippen LogP contribution is -2.41. The first kappa shape index (κ1) is 24.3. The van der Waals surface area contributed by atoms with E-state index in [-0.39, 0.29) is 24.1 Å². The number of rotatable bonds is 6. The Morgan fingerprint density at radius 2 is 1.97 bits per heavy atom. The molecule has 188 valence electrons. The van der Waals surface area contributed by atoms with Crippen molar-refractivity contribution in [1.82, 2.24) is 20.1 Å². The Labute approximate surface area is 213 Å². The predicted octanol–water partition coefficient (Wildman–Crippen LogP) is 2.74. The number of morpholine rings is 1. The molecule has 2 aliphatic rings. The molecule has 1 atom stereocenters. The van der Waals surface area contributed by atoms with Crippen molar-refractivity contribution < 1.29 is 24.2 Å². The minimum atomic E-state index is -0.644. The van der Waals surface area contributed by atoms with Crippen molar-refractivity contribution in [3.05, 3.63) is 64.3 Å². The largest absolute Gasteiger partial charge is 0.494 e. The molecular weight excluding hydrogens is 484 g/mol. The summed E-state index contributed by atoms with van der Waals surface area (Å²) in [6.07, 6.45) is 2.25. The van der Waals surface area contributed by atoms with Crippen LogP contribution in [0.5, 0.6) is 5.88 Å². The Balaban J connectivity index is 1.27. The average Bonchev–Trinajstić information content (AvgIpc) is 3.20. The molecule has 9 nitrogen and oxygen atoms in total. The summed E-state index contributed by atoms with van der Waals surface area (Å²) in [4.78, 5) is 38.8. The number of nitrogens with zero attached hydrogens (tertiary/aromatic N) is 2. The first-order valence-corrected chi connectivity index (χ1v) is 12.3. The average molecular weight is 511 g/mol. The topological polar surface area (TPSA) is 113 Å². The molecule has 3 aromatic rings. The number of carbonyl (C=O) groups excluding carboxylic acids is 3. The molecule has 0 spiro atoms. The van der Waals surface area contributed by atoms with E-state index < -0.39 is 11.9 Å². The second kappa shape index (κ2) is 10.3. The number of carbonyl (C=O) groups is 3. The van der Waals surface area contributed by atoms with Crippen molar-refractivity contribution in [2.45, 2.75) is 32.0 Å². The molecule has 2 aromatic carbocycles. The van der Waals surface area contributed by atoms with E-state index in [1.807, 2.05) is 18.2 Å². The normalized spacial score (nSPS) is 18.9. The molecule has 2 saturated heterocycles. The lowest BCUT2D eigenvalue weighted by atomic mass is 10.1. The second-order valence-electron chi connectivity index (χ2n) is 9.13. The summed E-state index contributed by atoms with van der Waals surface area (Å²) < 4.78 is 6.89. The Morgan fingerprint density at radius 3 is 2.75 bits per heavy atom. The van der Waals surface area contributed by atoms with E-state index in [0.717, 1.165) is 29.6 Å². The van der Waals surface area contributed by atoms with Crippen LogP contribution < -0.4 is 10.6 Å². The number of fused-ring (bicyclic) bond motifs is 1. The smallest absolute Gasteiger partial charge is 0.251 e. The van der Waals surface area contributed by atoms with Gasteiger partial charge in [0.05, 0.1) is 13.2 Å². The van der Waals surface area contributed by atoms with Crippen molar-refractivity contribution in [3.8, 4) is 5.88 Å². The zero-order chi connectivity index (χ0) is 25.2. The van der Waals surface area contributed by atoms with E-state index >= 15 is 0 Å². The zero-order valence-electron chi connectivity index (χ0n) is 19.6. The molecule has 3 N–H and O–H groups in total. The van der Waals surface area contributed by atoms with Gasteiger partial charge in [-0.25, -0.2) is 0 Å². The summed E-state index contributed by atoms with van der Waals surface area (Å²) >= 11 is 6.38. The lowest BCUT2D eigenvalue weighted by molar-refractivity contribution is -0.135. The summed E-state index contributed by atoms with van der Waals surface area (Å²) in [5.41, 5.74) is 2.28. The molecule has 3 heterocycles. The van der Waals surface area contributed by atoms with Crippen LogP contribution in [-0.4, -0.2) is 58.6 Å². The van der Waals surface area contributed by atoms with Gasteiger partial charge in [-0.3, -0.25) is 24.6 Å². The van der Waals surface area contributed by atoms with Gasteiger partial charge >= 0.3 is 0 Å². The van der Waals surface area contributed by atoms with Gasteiger partial charge in [0.25, 0.3) is 5.91 Å². The van der Waals surface area contributed by atoms with Gasteiger partial charge in [-0.15, -0.1) is 0 Å². The molecule has 3 amide bonds. The van der Waals surface area contributed by atoms with Crippen LogP contribution in [0.4, 0.5) is 0 Å². The van der Waals surface area contributed by atoms with E-state index in [1.165, 1.54) is 4.57 Å². The Morgan fingerprint density at radius 1 is 1.17 bits per heavy atom. The molecule has 5 rings (SSSR count). The maximum Gasteiger partial charge on any atom is 0.251 e. The van der Waals surface area contributed by atoms with Gasteiger partial charge in [0.1, 0.15) is 6.04 Å². The van der Waals surface area contributed by atoms with Gasteiger partial charge in [0.15, 0.2) is 5.88 Å². The third kappa shape index (κ3) is 5.09. The van der Waals surface area contributed by atoms with Crippen molar-refractivity contribution in [2.75, 3.05) is 26.3 Å². The third-order valence-corrected chi connectivity index (χ3v) is 7.05. The molecule has 1 aromatic heterocycles. The van der Waals surface area contributed by atoms with E-state index in [4.69, 9.17) is 16.3 Å². The number of aromatic nitrogens is 1. The number of hydrogen-bond donors (Lipinski definition) is 3. The van der Waals surface area contributed by atoms with Gasteiger partial charge in [-0.2, -0.15) is 0 Å². The van der Waals surface area contributed by atoms with Crippen LogP contribution in [0.25, 0.3) is 10.8 Å². The number of hydrogen-bond acceptors (Lipinski definition) is 6. The Hall–Kier alpha value is -3.40. The first-order chi connectivity index (χ1) is 17.4. The van der Waals surface area contributed by atoms with E-state index in [9.17, 15) is 19.5 Å². The van der Waals surface area contributed by atoms with Crippen molar-refractivity contribution in [1.29, 1.82) is 0 Å². The van der Waals surface area contributed by atoms with Crippen molar-refractivity contribution in [2.24, 2.45) is 0 Å². The molecule has 0 saturated carbocycles. The molecule has 0 aliphatic carbocycles. The number of nitrogens with one attached hydrogen (secondary N) is 2. The number of piperidine rings is 1. The monoisotopic (exact) mass is 510 g/mol. The van der Waals surface area contributed by atoms with Crippen LogP contribution in [0, 0.1) is 0 Å². The molecule has 0 bridgehead atoms. The third-order valence-electron chi connectivity index (χ3n) is 6.68. The summed E-state index contributed by atoms with van der Waals surface area (Å²) in [5.74, 6) is -0.965. The Bertz CT molecular complexity index is 1330. The van der Waals surface area contributed by atoms with Crippen LogP contribution in [0.1, 0.15) is 40.4 Å². The number of benzene rings is 2.